The number of hydrogen-bond acceptors (Lipinski definition) is 2. The molecule has 2 rings (SSSR count). The molecule has 0 fully saturated rings. The van der Waals surface area contributed by atoms with Crippen molar-refractivity contribution in [3.63, 3.8) is 0 Å². The van der Waals surface area contributed by atoms with E-state index < -0.39 is 0 Å². The lowest BCUT2D eigenvalue weighted by Crippen LogP contribution is -2.04. The number of benzene rings is 2. The van der Waals surface area contributed by atoms with Gasteiger partial charge in [0.25, 0.3) is 0 Å². The van der Waals surface area contributed by atoms with E-state index in [0.29, 0.717) is 0 Å². The highest BCUT2D eigenvalue weighted by atomic mass is 14.9. The largest absolute Gasteiger partial charge is 0.385 e. The zero-order valence-corrected chi connectivity index (χ0v) is 14.1. The van der Waals surface area contributed by atoms with Gasteiger partial charge < -0.3 is 10.6 Å². The van der Waals surface area contributed by atoms with Crippen molar-refractivity contribution in [2.75, 3.05) is 23.7 Å². The molecule has 0 amide bonds. The second kappa shape index (κ2) is 9.34. The van der Waals surface area contributed by atoms with Crippen LogP contribution in [0.4, 0.5) is 11.4 Å². The standard InChI is InChI=1S/C20H30N2/c1-3-5-7-15-21-19-13-9-12-18-17(19)11-10-14-20(18)22-16-8-6-4-2/h9-14,21-22H,3-8,15-16H2,1-2H3. The maximum atomic E-state index is 3.60. The fraction of sp³-hybridized carbons (Fsp3) is 0.500. The van der Waals surface area contributed by atoms with Gasteiger partial charge in [-0.15, -0.1) is 0 Å². The SMILES string of the molecule is CCCCCNc1cccc2c(NCCCCC)cccc12. The number of anilines is 2. The molecule has 22 heavy (non-hydrogen) atoms. The molecule has 0 aliphatic carbocycles. The van der Waals surface area contributed by atoms with Gasteiger partial charge in [-0.1, -0.05) is 63.8 Å². The van der Waals surface area contributed by atoms with Crippen molar-refractivity contribution in [2.24, 2.45) is 0 Å². The topological polar surface area (TPSA) is 24.1 Å². The molecule has 0 saturated heterocycles. The number of unbranched alkanes of at least 4 members (excludes halogenated alkanes) is 4. The Morgan fingerprint density at radius 3 is 1.50 bits per heavy atom. The van der Waals surface area contributed by atoms with Gasteiger partial charge in [-0.3, -0.25) is 0 Å². The zero-order valence-electron chi connectivity index (χ0n) is 14.1. The summed E-state index contributed by atoms with van der Waals surface area (Å²) in [6.45, 7) is 6.60. The van der Waals surface area contributed by atoms with Gasteiger partial charge in [0.15, 0.2) is 0 Å². The van der Waals surface area contributed by atoms with Crippen LogP contribution < -0.4 is 10.6 Å². The second-order valence-electron chi connectivity index (χ2n) is 5.97. The molecule has 0 aliphatic rings. The van der Waals surface area contributed by atoms with Gasteiger partial charge in [0.1, 0.15) is 0 Å². The Hall–Kier alpha value is -1.70. The lowest BCUT2D eigenvalue weighted by Gasteiger charge is -2.13. The summed E-state index contributed by atoms with van der Waals surface area (Å²) >= 11 is 0. The van der Waals surface area contributed by atoms with E-state index in [1.807, 2.05) is 0 Å². The predicted molar refractivity (Wildman–Crippen MR) is 100.0 cm³/mol. The van der Waals surface area contributed by atoms with Crippen LogP contribution in [0.5, 0.6) is 0 Å². The van der Waals surface area contributed by atoms with Crippen LogP contribution in [0.2, 0.25) is 0 Å². The summed E-state index contributed by atoms with van der Waals surface area (Å²) in [6.07, 6.45) is 7.60. The van der Waals surface area contributed by atoms with Crippen molar-refractivity contribution in [1.29, 1.82) is 0 Å². The molecule has 0 bridgehead atoms. The third kappa shape index (κ3) is 4.66. The van der Waals surface area contributed by atoms with Crippen LogP contribution in [0.25, 0.3) is 10.8 Å². The Balaban J connectivity index is 2.08. The molecular formula is C20H30N2. The van der Waals surface area contributed by atoms with Crippen LogP contribution >= 0.6 is 0 Å². The molecule has 0 unspecified atom stereocenters. The number of hydrogen-bond donors (Lipinski definition) is 2. The first-order valence-corrected chi connectivity index (χ1v) is 8.86. The smallest absolute Gasteiger partial charge is 0.0420 e. The van der Waals surface area contributed by atoms with Gasteiger partial charge in [0.2, 0.25) is 0 Å². The lowest BCUT2D eigenvalue weighted by molar-refractivity contribution is 0.744. The van der Waals surface area contributed by atoms with E-state index >= 15 is 0 Å². The molecule has 0 aromatic heterocycles. The van der Waals surface area contributed by atoms with Gasteiger partial charge in [-0.2, -0.15) is 0 Å². The highest BCUT2D eigenvalue weighted by Crippen LogP contribution is 2.29. The fourth-order valence-corrected chi connectivity index (χ4v) is 2.81. The van der Waals surface area contributed by atoms with Crippen LogP contribution in [-0.4, -0.2) is 13.1 Å². The minimum absolute atomic E-state index is 1.06. The Morgan fingerprint density at radius 1 is 0.636 bits per heavy atom. The predicted octanol–water partition coefficient (Wildman–Crippen LogP) is 6.04. The van der Waals surface area contributed by atoms with E-state index in [1.165, 1.54) is 60.7 Å². The Morgan fingerprint density at radius 2 is 1.09 bits per heavy atom. The Bertz CT molecular complexity index is 511. The van der Waals surface area contributed by atoms with Crippen molar-refractivity contribution in [1.82, 2.24) is 0 Å². The molecule has 0 atom stereocenters. The molecule has 0 radical (unpaired) electrons. The van der Waals surface area contributed by atoms with Crippen molar-refractivity contribution in [3.05, 3.63) is 36.4 Å². The minimum Gasteiger partial charge on any atom is -0.385 e. The summed E-state index contributed by atoms with van der Waals surface area (Å²) in [7, 11) is 0. The third-order valence-electron chi connectivity index (χ3n) is 4.11. The van der Waals surface area contributed by atoms with Gasteiger partial charge in [0, 0.05) is 35.2 Å². The summed E-state index contributed by atoms with van der Waals surface area (Å²) in [6, 6.07) is 13.1. The Kier molecular flexibility index (Phi) is 7.08. The van der Waals surface area contributed by atoms with E-state index in [9.17, 15) is 0 Å². The average Bonchev–Trinajstić information content (AvgIpc) is 2.56. The molecule has 2 heteroatoms. The highest BCUT2D eigenvalue weighted by Gasteiger charge is 2.04. The van der Waals surface area contributed by atoms with Crippen LogP contribution in [0.15, 0.2) is 36.4 Å². The van der Waals surface area contributed by atoms with E-state index in [4.69, 9.17) is 0 Å². The van der Waals surface area contributed by atoms with Gasteiger partial charge in [-0.05, 0) is 25.0 Å². The molecule has 0 spiro atoms. The third-order valence-corrected chi connectivity index (χ3v) is 4.11. The molecule has 0 heterocycles. The molecule has 120 valence electrons. The lowest BCUT2D eigenvalue weighted by atomic mass is 10.1. The number of nitrogens with one attached hydrogen (secondary N) is 2. The molecule has 2 N–H and O–H groups in total. The summed E-state index contributed by atoms with van der Waals surface area (Å²) in [5.41, 5.74) is 2.51. The first kappa shape index (κ1) is 16.7. The normalized spacial score (nSPS) is 10.8. The molecule has 2 nitrogen and oxygen atoms in total. The van der Waals surface area contributed by atoms with Crippen molar-refractivity contribution >= 4 is 22.1 Å². The first-order valence-electron chi connectivity index (χ1n) is 8.86. The zero-order chi connectivity index (χ0) is 15.6. The van der Waals surface area contributed by atoms with Crippen molar-refractivity contribution < 1.29 is 0 Å². The Labute approximate surface area is 135 Å². The average molecular weight is 298 g/mol. The maximum Gasteiger partial charge on any atom is 0.0420 e. The quantitative estimate of drug-likeness (QED) is 0.522. The van der Waals surface area contributed by atoms with Crippen LogP contribution in [0.1, 0.15) is 52.4 Å². The van der Waals surface area contributed by atoms with Crippen LogP contribution in [0, 0.1) is 0 Å². The summed E-state index contributed by atoms with van der Waals surface area (Å²) in [5.74, 6) is 0. The first-order chi connectivity index (χ1) is 10.9. The van der Waals surface area contributed by atoms with Crippen molar-refractivity contribution in [2.45, 2.75) is 52.4 Å². The minimum atomic E-state index is 1.06. The van der Waals surface area contributed by atoms with E-state index in [1.54, 1.807) is 0 Å². The summed E-state index contributed by atoms with van der Waals surface area (Å²) in [4.78, 5) is 0. The maximum absolute atomic E-state index is 3.60. The number of fused-ring (bicyclic) bond motifs is 1. The van der Waals surface area contributed by atoms with Crippen molar-refractivity contribution in [3.8, 4) is 0 Å². The molecule has 0 aliphatic heterocycles. The van der Waals surface area contributed by atoms with E-state index in [-0.39, 0.29) is 0 Å². The number of rotatable bonds is 10. The van der Waals surface area contributed by atoms with E-state index in [0.717, 1.165) is 13.1 Å². The van der Waals surface area contributed by atoms with Crippen LogP contribution in [0.3, 0.4) is 0 Å². The summed E-state index contributed by atoms with van der Waals surface area (Å²) < 4.78 is 0. The molecule has 2 aromatic rings. The van der Waals surface area contributed by atoms with Crippen LogP contribution in [-0.2, 0) is 0 Å². The summed E-state index contributed by atoms with van der Waals surface area (Å²) in [5, 5.41) is 9.83. The van der Waals surface area contributed by atoms with Gasteiger partial charge in [-0.25, -0.2) is 0 Å². The monoisotopic (exact) mass is 298 g/mol. The molecular weight excluding hydrogens is 268 g/mol. The molecule has 0 saturated carbocycles. The highest BCUT2D eigenvalue weighted by molar-refractivity contribution is 6.01. The fourth-order valence-electron chi connectivity index (χ4n) is 2.81. The van der Waals surface area contributed by atoms with Gasteiger partial charge in [0.05, 0.1) is 0 Å². The second-order valence-corrected chi connectivity index (χ2v) is 5.97. The van der Waals surface area contributed by atoms with Gasteiger partial charge >= 0.3 is 0 Å². The molecule has 2 aromatic carbocycles. The van der Waals surface area contributed by atoms with E-state index in [2.05, 4.69) is 60.9 Å².